The highest BCUT2D eigenvalue weighted by Crippen LogP contribution is 2.13. The van der Waals surface area contributed by atoms with E-state index < -0.39 is 0 Å². The minimum atomic E-state index is -0.239. The van der Waals surface area contributed by atoms with Crippen LogP contribution in [0.4, 0.5) is 0 Å². The molecular formula is C12H15N3. The van der Waals surface area contributed by atoms with E-state index in [-0.39, 0.29) is 5.54 Å². The number of fused-ring (bicyclic) bond motifs is 1. The molecule has 1 aromatic carbocycles. The summed E-state index contributed by atoms with van der Waals surface area (Å²) in [5.74, 6) is 0. The Balaban J connectivity index is 2.39. The summed E-state index contributed by atoms with van der Waals surface area (Å²) in [6.45, 7) is 3.98. The van der Waals surface area contributed by atoms with Crippen molar-refractivity contribution < 1.29 is 0 Å². The normalized spacial score (nSPS) is 11.9. The Hall–Kier alpha value is -1.48. The molecule has 0 amide bonds. The lowest BCUT2D eigenvalue weighted by atomic mass is 9.99. The van der Waals surface area contributed by atoms with Gasteiger partial charge in [-0.05, 0) is 26.0 Å². The predicted molar refractivity (Wildman–Crippen MR) is 61.5 cm³/mol. The molecule has 0 aliphatic carbocycles. The number of rotatable bonds is 2. The fraction of sp³-hybridized carbons (Fsp3) is 0.333. The summed E-state index contributed by atoms with van der Waals surface area (Å²) >= 11 is 0. The molecule has 78 valence electrons. The largest absolute Gasteiger partial charge is 0.325 e. The average Bonchev–Trinajstić information content (AvgIpc) is 2.15. The Morgan fingerprint density at radius 3 is 2.67 bits per heavy atom. The second-order valence-electron chi connectivity index (χ2n) is 4.56. The Morgan fingerprint density at radius 2 is 1.93 bits per heavy atom. The van der Waals surface area contributed by atoms with Crippen molar-refractivity contribution in [3.63, 3.8) is 0 Å². The molecule has 0 bridgehead atoms. The van der Waals surface area contributed by atoms with Crippen LogP contribution in [-0.2, 0) is 6.42 Å². The molecule has 0 saturated heterocycles. The van der Waals surface area contributed by atoms with Gasteiger partial charge < -0.3 is 5.73 Å². The van der Waals surface area contributed by atoms with Crippen LogP contribution in [-0.4, -0.2) is 15.7 Å². The molecule has 0 aliphatic rings. The van der Waals surface area contributed by atoms with Crippen LogP contribution in [0.25, 0.3) is 10.9 Å². The van der Waals surface area contributed by atoms with E-state index >= 15 is 0 Å². The fourth-order valence-electron chi connectivity index (χ4n) is 1.58. The molecule has 2 rings (SSSR count). The summed E-state index contributed by atoms with van der Waals surface area (Å²) in [5.41, 5.74) is 7.58. The van der Waals surface area contributed by atoms with Crippen molar-refractivity contribution in [3.05, 3.63) is 36.0 Å². The molecule has 0 saturated carbocycles. The molecule has 0 atom stereocenters. The third-order valence-corrected chi connectivity index (χ3v) is 2.18. The third-order valence-electron chi connectivity index (χ3n) is 2.18. The molecule has 15 heavy (non-hydrogen) atoms. The van der Waals surface area contributed by atoms with Crippen LogP contribution in [0.5, 0.6) is 0 Å². The number of hydrogen-bond acceptors (Lipinski definition) is 3. The summed E-state index contributed by atoms with van der Waals surface area (Å²) in [5, 5.41) is 9.44. The van der Waals surface area contributed by atoms with Crippen molar-refractivity contribution in [2.24, 2.45) is 5.73 Å². The third kappa shape index (κ3) is 2.50. The number of aromatic nitrogens is 2. The zero-order valence-corrected chi connectivity index (χ0v) is 9.07. The monoisotopic (exact) mass is 201 g/mol. The van der Waals surface area contributed by atoms with Gasteiger partial charge in [-0.3, -0.25) is 0 Å². The molecule has 0 aliphatic heterocycles. The van der Waals surface area contributed by atoms with Crippen molar-refractivity contribution in [1.29, 1.82) is 0 Å². The zero-order valence-electron chi connectivity index (χ0n) is 9.07. The van der Waals surface area contributed by atoms with Crippen molar-refractivity contribution >= 4 is 10.9 Å². The molecular weight excluding hydrogens is 186 g/mol. The Kier molecular flexibility index (Phi) is 2.40. The quantitative estimate of drug-likeness (QED) is 0.807. The summed E-state index contributed by atoms with van der Waals surface area (Å²) in [4.78, 5) is 0. The van der Waals surface area contributed by atoms with Crippen molar-refractivity contribution in [2.45, 2.75) is 25.8 Å². The molecule has 2 aromatic rings. The fourth-order valence-corrected chi connectivity index (χ4v) is 1.58. The predicted octanol–water partition coefficient (Wildman–Crippen LogP) is 1.91. The van der Waals surface area contributed by atoms with Crippen LogP contribution in [0.1, 0.15) is 19.5 Å². The van der Waals surface area contributed by atoms with E-state index in [2.05, 4.69) is 16.3 Å². The first kappa shape index (κ1) is 10.1. The molecule has 0 radical (unpaired) electrons. The highest BCUT2D eigenvalue weighted by Gasteiger charge is 2.13. The van der Waals surface area contributed by atoms with E-state index in [1.54, 1.807) is 0 Å². The van der Waals surface area contributed by atoms with Crippen LogP contribution in [0.2, 0.25) is 0 Å². The van der Waals surface area contributed by atoms with Gasteiger partial charge >= 0.3 is 0 Å². The standard InChI is InChI=1S/C12H15N3/c1-12(2,13)8-10-7-9-5-3-4-6-11(9)15-14-10/h3-7H,8,13H2,1-2H3. The van der Waals surface area contributed by atoms with Gasteiger partial charge in [0, 0.05) is 17.3 Å². The number of hydrogen-bond donors (Lipinski definition) is 1. The number of nitrogens with two attached hydrogens (primary N) is 1. The lowest BCUT2D eigenvalue weighted by molar-refractivity contribution is 0.508. The van der Waals surface area contributed by atoms with Gasteiger partial charge in [-0.2, -0.15) is 10.2 Å². The van der Waals surface area contributed by atoms with Gasteiger partial charge in [0.25, 0.3) is 0 Å². The minimum absolute atomic E-state index is 0.239. The molecule has 3 nitrogen and oxygen atoms in total. The van der Waals surface area contributed by atoms with Crippen LogP contribution < -0.4 is 5.73 Å². The second-order valence-corrected chi connectivity index (χ2v) is 4.56. The average molecular weight is 201 g/mol. The summed E-state index contributed by atoms with van der Waals surface area (Å²) in [7, 11) is 0. The molecule has 2 N–H and O–H groups in total. The second kappa shape index (κ2) is 3.59. The zero-order chi connectivity index (χ0) is 10.9. The number of nitrogens with zero attached hydrogens (tertiary/aromatic N) is 2. The smallest absolute Gasteiger partial charge is 0.0929 e. The van der Waals surface area contributed by atoms with Crippen LogP contribution in [0.15, 0.2) is 30.3 Å². The van der Waals surface area contributed by atoms with E-state index in [1.807, 2.05) is 38.1 Å². The minimum Gasteiger partial charge on any atom is -0.325 e. The highest BCUT2D eigenvalue weighted by atomic mass is 15.1. The van der Waals surface area contributed by atoms with Gasteiger partial charge in [0.2, 0.25) is 0 Å². The topological polar surface area (TPSA) is 51.8 Å². The molecule has 1 aromatic heterocycles. The van der Waals surface area contributed by atoms with Crippen molar-refractivity contribution in [3.8, 4) is 0 Å². The Labute approximate surface area is 89.3 Å². The van der Waals surface area contributed by atoms with E-state index in [9.17, 15) is 0 Å². The number of benzene rings is 1. The maximum atomic E-state index is 5.94. The lowest BCUT2D eigenvalue weighted by Crippen LogP contribution is -2.34. The van der Waals surface area contributed by atoms with E-state index in [4.69, 9.17) is 5.73 Å². The maximum absolute atomic E-state index is 5.94. The maximum Gasteiger partial charge on any atom is 0.0929 e. The highest BCUT2D eigenvalue weighted by molar-refractivity contribution is 5.77. The molecule has 0 unspecified atom stereocenters. The van der Waals surface area contributed by atoms with E-state index in [0.29, 0.717) is 0 Å². The van der Waals surface area contributed by atoms with Gasteiger partial charge in [-0.1, -0.05) is 18.2 Å². The SMILES string of the molecule is CC(C)(N)Cc1cc2ccccc2nn1. The van der Waals surface area contributed by atoms with Gasteiger partial charge in [0.1, 0.15) is 0 Å². The summed E-state index contributed by atoms with van der Waals surface area (Å²) in [6.07, 6.45) is 0.741. The van der Waals surface area contributed by atoms with Gasteiger partial charge in [-0.15, -0.1) is 0 Å². The van der Waals surface area contributed by atoms with E-state index in [1.165, 1.54) is 0 Å². The van der Waals surface area contributed by atoms with Crippen LogP contribution in [0.3, 0.4) is 0 Å². The van der Waals surface area contributed by atoms with Crippen LogP contribution in [0, 0.1) is 0 Å². The van der Waals surface area contributed by atoms with Crippen LogP contribution >= 0.6 is 0 Å². The first-order valence-corrected chi connectivity index (χ1v) is 5.05. The molecule has 0 fully saturated rings. The van der Waals surface area contributed by atoms with Crippen molar-refractivity contribution in [2.75, 3.05) is 0 Å². The lowest BCUT2D eigenvalue weighted by Gasteiger charge is -2.17. The van der Waals surface area contributed by atoms with Crippen molar-refractivity contribution in [1.82, 2.24) is 10.2 Å². The Bertz CT molecular complexity index is 471. The van der Waals surface area contributed by atoms with Gasteiger partial charge in [-0.25, -0.2) is 0 Å². The molecule has 3 heteroatoms. The summed E-state index contributed by atoms with van der Waals surface area (Å²) < 4.78 is 0. The molecule has 0 spiro atoms. The first-order chi connectivity index (χ1) is 7.04. The van der Waals surface area contributed by atoms with Gasteiger partial charge in [0.15, 0.2) is 0 Å². The molecule has 1 heterocycles. The summed E-state index contributed by atoms with van der Waals surface area (Å²) in [6, 6.07) is 10.0. The Morgan fingerprint density at radius 1 is 1.20 bits per heavy atom. The van der Waals surface area contributed by atoms with E-state index in [0.717, 1.165) is 23.0 Å². The first-order valence-electron chi connectivity index (χ1n) is 5.05. The van der Waals surface area contributed by atoms with Gasteiger partial charge in [0.05, 0.1) is 11.2 Å².